The first-order valence-corrected chi connectivity index (χ1v) is 4.52. The summed E-state index contributed by atoms with van der Waals surface area (Å²) in [5.74, 6) is 0.282. The van der Waals surface area contributed by atoms with E-state index in [1.165, 1.54) is 0 Å². The van der Waals surface area contributed by atoms with Crippen LogP contribution < -0.4 is 11.2 Å². The van der Waals surface area contributed by atoms with Crippen LogP contribution in [0.2, 0.25) is 0 Å². The lowest BCUT2D eigenvalue weighted by Gasteiger charge is -2.10. The molecule has 0 aliphatic carbocycles. The molecule has 14 heavy (non-hydrogen) atoms. The van der Waals surface area contributed by atoms with Gasteiger partial charge in [0.25, 0.3) is 0 Å². The summed E-state index contributed by atoms with van der Waals surface area (Å²) in [6.45, 7) is 0.457. The molecule has 0 aromatic carbocycles. The molecule has 1 amide bonds. The molecular weight excluding hydrogens is 184 g/mol. The van der Waals surface area contributed by atoms with Gasteiger partial charge in [0, 0.05) is 0 Å². The molecule has 2 heterocycles. The van der Waals surface area contributed by atoms with E-state index in [4.69, 9.17) is 15.0 Å². The van der Waals surface area contributed by atoms with Gasteiger partial charge in [-0.15, -0.1) is 0 Å². The van der Waals surface area contributed by atoms with Crippen LogP contribution in [0.4, 0.5) is 0 Å². The van der Waals surface area contributed by atoms with Gasteiger partial charge >= 0.3 is 0 Å². The second-order valence-electron chi connectivity index (χ2n) is 3.20. The summed E-state index contributed by atoms with van der Waals surface area (Å²) in [5, 5.41) is 0. The largest absolute Gasteiger partial charge is 0.466 e. The zero-order chi connectivity index (χ0) is 9.97. The molecule has 0 bridgehead atoms. The van der Waals surface area contributed by atoms with Crippen LogP contribution in [0.25, 0.3) is 0 Å². The molecule has 2 atom stereocenters. The normalized spacial score (nSPS) is 26.5. The number of carbonyl (C=O) groups excluding carboxylic acids is 1. The molecule has 1 aliphatic heterocycles. The van der Waals surface area contributed by atoms with Gasteiger partial charge < -0.3 is 10.2 Å². The van der Waals surface area contributed by atoms with Crippen LogP contribution in [0.3, 0.4) is 0 Å². The number of hydrogen-bond donors (Lipinski definition) is 2. The van der Waals surface area contributed by atoms with E-state index in [2.05, 4.69) is 5.48 Å². The van der Waals surface area contributed by atoms with Crippen molar-refractivity contribution in [3.63, 3.8) is 0 Å². The van der Waals surface area contributed by atoms with Gasteiger partial charge in [0.15, 0.2) is 6.10 Å². The second kappa shape index (κ2) is 3.81. The first-order valence-electron chi connectivity index (χ1n) is 4.52. The van der Waals surface area contributed by atoms with E-state index < -0.39 is 0 Å². The minimum atomic E-state index is -0.346. The summed E-state index contributed by atoms with van der Waals surface area (Å²) in [6, 6.07) is 3.55. The van der Waals surface area contributed by atoms with Gasteiger partial charge in [-0.25, -0.2) is 5.48 Å². The van der Waals surface area contributed by atoms with Crippen molar-refractivity contribution < 1.29 is 14.0 Å². The van der Waals surface area contributed by atoms with Crippen molar-refractivity contribution in [2.75, 3.05) is 6.54 Å². The summed E-state index contributed by atoms with van der Waals surface area (Å²) in [7, 11) is 0. The Balaban J connectivity index is 2.15. The fourth-order valence-corrected chi connectivity index (χ4v) is 1.59. The van der Waals surface area contributed by atoms with E-state index in [1.54, 1.807) is 18.4 Å². The minimum absolute atomic E-state index is 0.128. The van der Waals surface area contributed by atoms with Crippen molar-refractivity contribution in [3.8, 4) is 0 Å². The highest BCUT2D eigenvalue weighted by Crippen LogP contribution is 2.32. The Bertz CT molecular complexity index is 310. The molecule has 1 saturated heterocycles. The third kappa shape index (κ3) is 1.51. The average Bonchev–Trinajstić information content (AvgIpc) is 2.77. The van der Waals surface area contributed by atoms with Gasteiger partial charge in [-0.05, 0) is 25.1 Å². The van der Waals surface area contributed by atoms with Crippen molar-refractivity contribution in [1.29, 1.82) is 0 Å². The second-order valence-corrected chi connectivity index (χ2v) is 3.20. The molecule has 0 saturated carbocycles. The van der Waals surface area contributed by atoms with Crippen LogP contribution in [0.1, 0.15) is 18.3 Å². The Kier molecular flexibility index (Phi) is 2.51. The Hall–Kier alpha value is -1.33. The summed E-state index contributed by atoms with van der Waals surface area (Å²) >= 11 is 0. The van der Waals surface area contributed by atoms with E-state index in [-0.39, 0.29) is 17.9 Å². The molecule has 76 valence electrons. The molecule has 5 heteroatoms. The van der Waals surface area contributed by atoms with Crippen molar-refractivity contribution in [1.82, 2.24) is 5.48 Å². The lowest BCUT2D eigenvalue weighted by molar-refractivity contribution is -0.126. The maximum atomic E-state index is 11.3. The average molecular weight is 196 g/mol. The molecule has 3 N–H and O–H groups in total. The van der Waals surface area contributed by atoms with Crippen LogP contribution in [0.15, 0.2) is 22.8 Å². The Morgan fingerprint density at radius 2 is 2.43 bits per heavy atom. The van der Waals surface area contributed by atoms with Gasteiger partial charge in [-0.3, -0.25) is 9.63 Å². The molecule has 2 unspecified atom stereocenters. The van der Waals surface area contributed by atoms with Crippen molar-refractivity contribution in [2.24, 2.45) is 11.7 Å². The molecule has 1 fully saturated rings. The maximum absolute atomic E-state index is 11.3. The first-order chi connectivity index (χ1) is 6.83. The zero-order valence-electron chi connectivity index (χ0n) is 7.60. The lowest BCUT2D eigenvalue weighted by Crippen LogP contribution is -2.21. The Morgan fingerprint density at radius 3 is 3.07 bits per heavy atom. The fraction of sp³-hybridized carbons (Fsp3) is 0.444. The molecule has 0 spiro atoms. The van der Waals surface area contributed by atoms with Crippen molar-refractivity contribution in [2.45, 2.75) is 12.5 Å². The number of hydroxylamine groups is 1. The number of nitrogens with two attached hydrogens (primary N) is 1. The maximum Gasteiger partial charge on any atom is 0.249 e. The van der Waals surface area contributed by atoms with Crippen LogP contribution in [-0.4, -0.2) is 12.5 Å². The Morgan fingerprint density at radius 1 is 1.57 bits per heavy atom. The predicted molar refractivity (Wildman–Crippen MR) is 47.8 cm³/mol. The highest BCUT2D eigenvalue weighted by molar-refractivity contribution is 5.79. The van der Waals surface area contributed by atoms with Gasteiger partial charge in [-0.1, -0.05) is 0 Å². The zero-order valence-corrected chi connectivity index (χ0v) is 7.60. The third-order valence-corrected chi connectivity index (χ3v) is 2.29. The molecule has 0 radical (unpaired) electrons. The number of carbonyl (C=O) groups is 1. The summed E-state index contributed by atoms with van der Waals surface area (Å²) in [5.41, 5.74) is 7.76. The van der Waals surface area contributed by atoms with Crippen LogP contribution in [-0.2, 0) is 9.63 Å². The number of hydrogen-bond acceptors (Lipinski definition) is 4. The lowest BCUT2D eigenvalue weighted by atomic mass is 9.97. The third-order valence-electron chi connectivity index (χ3n) is 2.29. The van der Waals surface area contributed by atoms with Gasteiger partial charge in [0.1, 0.15) is 5.76 Å². The minimum Gasteiger partial charge on any atom is -0.466 e. The van der Waals surface area contributed by atoms with E-state index in [0.717, 1.165) is 0 Å². The van der Waals surface area contributed by atoms with E-state index in [1.807, 2.05) is 0 Å². The summed E-state index contributed by atoms with van der Waals surface area (Å²) in [6.07, 6.45) is 1.80. The molecular formula is C9H12N2O3. The highest BCUT2D eigenvalue weighted by atomic mass is 16.7. The van der Waals surface area contributed by atoms with E-state index >= 15 is 0 Å². The number of amides is 1. The molecule has 5 nitrogen and oxygen atoms in total. The van der Waals surface area contributed by atoms with Crippen LogP contribution >= 0.6 is 0 Å². The quantitative estimate of drug-likeness (QED) is 0.731. The van der Waals surface area contributed by atoms with Gasteiger partial charge in [0.2, 0.25) is 5.91 Å². The highest BCUT2D eigenvalue weighted by Gasteiger charge is 2.38. The monoisotopic (exact) mass is 196 g/mol. The molecule has 1 aromatic rings. The number of nitrogens with one attached hydrogen (secondary N) is 1. The molecule has 1 aliphatic rings. The number of furan rings is 1. The van der Waals surface area contributed by atoms with E-state index in [9.17, 15) is 4.79 Å². The Labute approximate surface area is 81.2 Å². The topological polar surface area (TPSA) is 77.5 Å². The van der Waals surface area contributed by atoms with Gasteiger partial charge in [-0.2, -0.15) is 0 Å². The molecule has 1 aromatic heterocycles. The summed E-state index contributed by atoms with van der Waals surface area (Å²) < 4.78 is 5.18. The van der Waals surface area contributed by atoms with Gasteiger partial charge in [0.05, 0.1) is 12.2 Å². The molecule has 2 rings (SSSR count). The standard InChI is InChI=1S/C9H12N2O3/c10-4-3-6-8(14-11-9(6)12)7-2-1-5-13-7/h1-2,5-6,8H,3-4,10H2,(H,11,12). The number of rotatable bonds is 3. The predicted octanol–water partition coefficient (Wildman–Crippen LogP) is 0.347. The van der Waals surface area contributed by atoms with Crippen molar-refractivity contribution >= 4 is 5.91 Å². The van der Waals surface area contributed by atoms with Crippen LogP contribution in [0, 0.1) is 5.92 Å². The van der Waals surface area contributed by atoms with Crippen molar-refractivity contribution in [3.05, 3.63) is 24.2 Å². The smallest absolute Gasteiger partial charge is 0.249 e. The first kappa shape index (κ1) is 9.23. The SMILES string of the molecule is NCCC1C(=O)NOC1c1ccco1. The summed E-state index contributed by atoms with van der Waals surface area (Å²) in [4.78, 5) is 16.5. The van der Waals surface area contributed by atoms with Crippen LogP contribution in [0.5, 0.6) is 0 Å². The fourth-order valence-electron chi connectivity index (χ4n) is 1.59. The van der Waals surface area contributed by atoms with E-state index in [0.29, 0.717) is 18.7 Å².